The standard InChI is InChI=1S/C16H24N2O3/c1-2-6-13(11-15(19)20)18-16(21)14(17)10-9-12-7-4-3-5-8-12/h3-5,7-8,13-14H,2,6,9-11,17H2,1H3,(H,18,21)(H,19,20)/t13?,14-/m0/s1. The number of benzene rings is 1. The summed E-state index contributed by atoms with van der Waals surface area (Å²) in [5, 5.41) is 11.6. The fraction of sp³-hybridized carbons (Fsp3) is 0.500. The number of hydrogen-bond acceptors (Lipinski definition) is 3. The highest BCUT2D eigenvalue weighted by molar-refractivity contribution is 5.82. The lowest BCUT2D eigenvalue weighted by molar-refractivity contribution is -0.137. The van der Waals surface area contributed by atoms with E-state index in [-0.39, 0.29) is 18.4 Å². The van der Waals surface area contributed by atoms with Gasteiger partial charge in [-0.15, -0.1) is 0 Å². The van der Waals surface area contributed by atoms with Gasteiger partial charge in [0, 0.05) is 6.04 Å². The van der Waals surface area contributed by atoms with Crippen LogP contribution in [0.1, 0.15) is 38.2 Å². The molecule has 0 fully saturated rings. The number of carboxylic acid groups (broad SMARTS) is 1. The molecule has 4 N–H and O–H groups in total. The molecule has 0 saturated heterocycles. The average molecular weight is 292 g/mol. The first-order chi connectivity index (χ1) is 10.0. The van der Waals surface area contributed by atoms with Crippen LogP contribution in [0.15, 0.2) is 30.3 Å². The maximum absolute atomic E-state index is 12.0. The van der Waals surface area contributed by atoms with Gasteiger partial charge < -0.3 is 16.2 Å². The van der Waals surface area contributed by atoms with E-state index in [2.05, 4.69) is 5.32 Å². The molecule has 116 valence electrons. The van der Waals surface area contributed by atoms with Gasteiger partial charge in [-0.25, -0.2) is 0 Å². The number of amides is 1. The van der Waals surface area contributed by atoms with Gasteiger partial charge in [0.15, 0.2) is 0 Å². The third-order valence-electron chi connectivity index (χ3n) is 3.33. The zero-order chi connectivity index (χ0) is 15.7. The smallest absolute Gasteiger partial charge is 0.305 e. The van der Waals surface area contributed by atoms with Crippen molar-refractivity contribution in [3.05, 3.63) is 35.9 Å². The lowest BCUT2D eigenvalue weighted by Crippen LogP contribution is -2.46. The van der Waals surface area contributed by atoms with Crippen LogP contribution in [0.25, 0.3) is 0 Å². The molecular weight excluding hydrogens is 268 g/mol. The third-order valence-corrected chi connectivity index (χ3v) is 3.33. The van der Waals surface area contributed by atoms with Crippen molar-refractivity contribution >= 4 is 11.9 Å². The van der Waals surface area contributed by atoms with Crippen LogP contribution in [0, 0.1) is 0 Å². The van der Waals surface area contributed by atoms with Crippen LogP contribution >= 0.6 is 0 Å². The zero-order valence-corrected chi connectivity index (χ0v) is 12.4. The van der Waals surface area contributed by atoms with Crippen LogP contribution < -0.4 is 11.1 Å². The molecular formula is C16H24N2O3. The van der Waals surface area contributed by atoms with Crippen molar-refractivity contribution in [1.82, 2.24) is 5.32 Å². The lowest BCUT2D eigenvalue weighted by atomic mass is 10.0. The molecule has 1 aromatic rings. The molecule has 21 heavy (non-hydrogen) atoms. The van der Waals surface area contributed by atoms with Crippen molar-refractivity contribution in [1.29, 1.82) is 0 Å². The summed E-state index contributed by atoms with van der Waals surface area (Å²) in [6.45, 7) is 1.95. The number of nitrogens with one attached hydrogen (secondary N) is 1. The summed E-state index contributed by atoms with van der Waals surface area (Å²) in [4.78, 5) is 22.8. The Morgan fingerprint density at radius 3 is 2.48 bits per heavy atom. The number of aryl methyl sites for hydroxylation is 1. The third kappa shape index (κ3) is 6.90. The van der Waals surface area contributed by atoms with Crippen molar-refractivity contribution in [3.8, 4) is 0 Å². The van der Waals surface area contributed by atoms with E-state index in [1.165, 1.54) is 0 Å². The van der Waals surface area contributed by atoms with E-state index < -0.39 is 12.0 Å². The number of rotatable bonds is 9. The van der Waals surface area contributed by atoms with Gasteiger partial charge in [-0.05, 0) is 24.8 Å². The van der Waals surface area contributed by atoms with Crippen molar-refractivity contribution < 1.29 is 14.7 Å². The number of nitrogens with two attached hydrogens (primary N) is 1. The summed E-state index contributed by atoms with van der Waals surface area (Å²) in [7, 11) is 0. The second-order valence-corrected chi connectivity index (χ2v) is 5.22. The Labute approximate surface area is 125 Å². The molecule has 1 rings (SSSR count). The highest BCUT2D eigenvalue weighted by Gasteiger charge is 2.19. The Hall–Kier alpha value is -1.88. The van der Waals surface area contributed by atoms with Crippen molar-refractivity contribution in [2.75, 3.05) is 0 Å². The van der Waals surface area contributed by atoms with Crippen LogP contribution in [-0.2, 0) is 16.0 Å². The summed E-state index contributed by atoms with van der Waals surface area (Å²) in [6, 6.07) is 8.87. The van der Waals surface area contributed by atoms with E-state index >= 15 is 0 Å². The molecule has 2 atom stereocenters. The summed E-state index contributed by atoms with van der Waals surface area (Å²) >= 11 is 0. The molecule has 0 aliphatic rings. The van der Waals surface area contributed by atoms with Crippen molar-refractivity contribution in [3.63, 3.8) is 0 Å². The van der Waals surface area contributed by atoms with Gasteiger partial charge in [0.2, 0.25) is 5.91 Å². The van der Waals surface area contributed by atoms with Gasteiger partial charge >= 0.3 is 5.97 Å². The first-order valence-electron chi connectivity index (χ1n) is 7.34. The highest BCUT2D eigenvalue weighted by atomic mass is 16.4. The van der Waals surface area contributed by atoms with Gasteiger partial charge in [0.25, 0.3) is 0 Å². The van der Waals surface area contributed by atoms with Gasteiger partial charge in [0.1, 0.15) is 0 Å². The first-order valence-corrected chi connectivity index (χ1v) is 7.34. The molecule has 0 saturated carbocycles. The van der Waals surface area contributed by atoms with Crippen LogP contribution in [0.2, 0.25) is 0 Å². The number of hydrogen-bond donors (Lipinski definition) is 3. The molecule has 1 aromatic carbocycles. The predicted octanol–water partition coefficient (Wildman–Crippen LogP) is 1.71. The molecule has 0 spiro atoms. The number of carboxylic acids is 1. The van der Waals surface area contributed by atoms with E-state index in [0.717, 1.165) is 18.4 Å². The van der Waals surface area contributed by atoms with Gasteiger partial charge in [-0.3, -0.25) is 9.59 Å². The largest absolute Gasteiger partial charge is 0.481 e. The maximum atomic E-state index is 12.0. The summed E-state index contributed by atoms with van der Waals surface area (Å²) in [6.07, 6.45) is 2.67. The molecule has 0 aromatic heterocycles. The molecule has 0 aliphatic heterocycles. The van der Waals surface area contributed by atoms with Crippen LogP contribution in [0.4, 0.5) is 0 Å². The highest BCUT2D eigenvalue weighted by Crippen LogP contribution is 2.06. The summed E-state index contributed by atoms with van der Waals surface area (Å²) < 4.78 is 0. The van der Waals surface area contributed by atoms with Crippen molar-refractivity contribution in [2.45, 2.75) is 51.1 Å². The molecule has 0 bridgehead atoms. The fourth-order valence-electron chi connectivity index (χ4n) is 2.19. The molecule has 0 radical (unpaired) electrons. The second kappa shape index (κ2) is 9.13. The second-order valence-electron chi connectivity index (χ2n) is 5.22. The fourth-order valence-corrected chi connectivity index (χ4v) is 2.19. The van der Waals surface area contributed by atoms with E-state index in [0.29, 0.717) is 12.8 Å². The summed E-state index contributed by atoms with van der Waals surface area (Å²) in [5.41, 5.74) is 7.02. The zero-order valence-electron chi connectivity index (χ0n) is 12.4. The van der Waals surface area contributed by atoms with E-state index in [1.54, 1.807) is 0 Å². The van der Waals surface area contributed by atoms with Gasteiger partial charge in [-0.2, -0.15) is 0 Å². The topological polar surface area (TPSA) is 92.4 Å². The van der Waals surface area contributed by atoms with E-state index in [4.69, 9.17) is 10.8 Å². The van der Waals surface area contributed by atoms with Gasteiger partial charge in [-0.1, -0.05) is 43.7 Å². The Balaban J connectivity index is 2.43. The van der Waals surface area contributed by atoms with Crippen LogP contribution in [0.5, 0.6) is 0 Å². The summed E-state index contributed by atoms with van der Waals surface area (Å²) in [5.74, 6) is -1.18. The molecule has 0 aliphatic carbocycles. The maximum Gasteiger partial charge on any atom is 0.305 e. The Morgan fingerprint density at radius 2 is 1.90 bits per heavy atom. The Kier molecular flexibility index (Phi) is 7.46. The number of carbonyl (C=O) groups is 2. The van der Waals surface area contributed by atoms with Crippen molar-refractivity contribution in [2.24, 2.45) is 5.73 Å². The Bertz CT molecular complexity index is 448. The monoisotopic (exact) mass is 292 g/mol. The molecule has 1 unspecified atom stereocenters. The SMILES string of the molecule is CCCC(CC(=O)O)NC(=O)[C@@H](N)CCc1ccccc1. The quantitative estimate of drug-likeness (QED) is 0.646. The first kappa shape index (κ1) is 17.2. The minimum absolute atomic E-state index is 0.0645. The van der Waals surface area contributed by atoms with Crippen LogP contribution in [0.3, 0.4) is 0 Å². The minimum Gasteiger partial charge on any atom is -0.481 e. The van der Waals surface area contributed by atoms with E-state index in [9.17, 15) is 9.59 Å². The predicted molar refractivity (Wildman–Crippen MR) is 81.8 cm³/mol. The Morgan fingerprint density at radius 1 is 1.24 bits per heavy atom. The van der Waals surface area contributed by atoms with Crippen LogP contribution in [-0.4, -0.2) is 29.1 Å². The minimum atomic E-state index is -0.911. The molecule has 5 nitrogen and oxygen atoms in total. The number of carbonyl (C=O) groups excluding carboxylic acids is 1. The number of aliphatic carboxylic acids is 1. The van der Waals surface area contributed by atoms with E-state index in [1.807, 2.05) is 37.3 Å². The normalized spacial score (nSPS) is 13.4. The molecule has 1 amide bonds. The molecule has 5 heteroatoms. The lowest BCUT2D eigenvalue weighted by Gasteiger charge is -2.19. The average Bonchev–Trinajstić information content (AvgIpc) is 2.45. The molecule has 0 heterocycles. The van der Waals surface area contributed by atoms with Gasteiger partial charge in [0.05, 0.1) is 12.5 Å².